The largest absolute Gasteiger partial charge is 1.00 e. The number of nitrogens with one attached hydrogen (secondary N) is 1. The molecule has 0 aromatic carbocycles. The first-order valence-corrected chi connectivity index (χ1v) is 8.90. The number of hydrogen-bond acceptors (Lipinski definition) is 1. The predicted molar refractivity (Wildman–Crippen MR) is 92.1 cm³/mol. The summed E-state index contributed by atoms with van der Waals surface area (Å²) in [5.74, 6) is 0. The van der Waals surface area contributed by atoms with Gasteiger partial charge in [-0.2, -0.15) is 0 Å². The maximum Gasteiger partial charge on any atom is 0.0800 e. The van der Waals surface area contributed by atoms with Gasteiger partial charge in [-0.1, -0.05) is 45.4 Å². The molecule has 0 saturated carbocycles. The number of hydrogen-bond donors (Lipinski definition) is 1. The Morgan fingerprint density at radius 2 is 1.33 bits per heavy atom. The van der Waals surface area contributed by atoms with E-state index < -0.39 is 0 Å². The summed E-state index contributed by atoms with van der Waals surface area (Å²) in [4.78, 5) is 2.88. The third-order valence-corrected chi connectivity index (χ3v) is 4.73. The van der Waals surface area contributed by atoms with Gasteiger partial charge >= 0.3 is 0 Å². The van der Waals surface area contributed by atoms with E-state index in [4.69, 9.17) is 11.8 Å². The molecule has 2 nitrogen and oxygen atoms in total. The molecule has 1 N–H and O–H groups in total. The second-order valence-electron chi connectivity index (χ2n) is 7.59. The Kier molecular flexibility index (Phi) is 14.7. The van der Waals surface area contributed by atoms with Gasteiger partial charge in [-0.05, 0) is 38.5 Å². The van der Waals surface area contributed by atoms with Crippen LogP contribution in [0.5, 0.6) is 0 Å². The Bertz CT molecular complexity index is 231. The Morgan fingerprint density at radius 1 is 0.857 bits per heavy atom. The van der Waals surface area contributed by atoms with Crippen molar-refractivity contribution in [1.29, 1.82) is 0 Å². The molecule has 0 fully saturated rings. The van der Waals surface area contributed by atoms with Gasteiger partial charge in [0.1, 0.15) is 0 Å². The van der Waals surface area contributed by atoms with Gasteiger partial charge in [0.2, 0.25) is 0 Å². The summed E-state index contributed by atoms with van der Waals surface area (Å²) in [5.41, 5.74) is 0.0380. The zero-order valence-electron chi connectivity index (χ0n) is 15.0. The minimum absolute atomic E-state index is 0. The highest BCUT2D eigenvalue weighted by Crippen LogP contribution is 2.14. The van der Waals surface area contributed by atoms with Crippen molar-refractivity contribution in [3.05, 3.63) is 0 Å². The summed E-state index contributed by atoms with van der Waals surface area (Å²) < 4.78 is 1.11. The number of rotatable bonds is 13. The Hall–Kier alpha value is 0.500. The van der Waals surface area contributed by atoms with Crippen LogP contribution in [0.15, 0.2) is 0 Å². The van der Waals surface area contributed by atoms with E-state index >= 15 is 0 Å². The van der Waals surface area contributed by atoms with E-state index in [-0.39, 0.29) is 17.9 Å². The van der Waals surface area contributed by atoms with E-state index in [1.165, 1.54) is 64.5 Å². The fraction of sp³-hybridized carbons (Fsp3) is 1.00. The minimum Gasteiger partial charge on any atom is -1.00 e. The highest BCUT2D eigenvalue weighted by molar-refractivity contribution is 6.13. The average molecular weight is 341 g/mol. The summed E-state index contributed by atoms with van der Waals surface area (Å²) in [6.45, 7) is 9.07. The number of nitrogens with zero attached hydrogens (tertiary/aromatic N) is 1. The summed E-state index contributed by atoms with van der Waals surface area (Å²) >= 11 is 5.76. The van der Waals surface area contributed by atoms with Crippen LogP contribution in [0.4, 0.5) is 0 Å². The normalized spacial score (nSPS) is 12.3. The highest BCUT2D eigenvalue weighted by Gasteiger charge is 2.22. The average Bonchev–Trinajstić information content (AvgIpc) is 2.40. The molecular formula is C17H38Cl2N2. The molecule has 0 spiro atoms. The van der Waals surface area contributed by atoms with Crippen molar-refractivity contribution in [3.63, 3.8) is 0 Å². The lowest BCUT2D eigenvalue weighted by molar-refractivity contribution is -0.891. The molecule has 0 aliphatic rings. The Labute approximate surface area is 145 Å². The molecule has 21 heavy (non-hydrogen) atoms. The fourth-order valence-corrected chi connectivity index (χ4v) is 2.51. The van der Waals surface area contributed by atoms with Crippen LogP contribution in [0.1, 0.15) is 78.6 Å². The van der Waals surface area contributed by atoms with E-state index in [0.29, 0.717) is 0 Å². The minimum atomic E-state index is 0. The maximum atomic E-state index is 5.76. The molecule has 0 unspecified atom stereocenters. The van der Waals surface area contributed by atoms with Crippen molar-refractivity contribution in [2.45, 2.75) is 84.1 Å². The van der Waals surface area contributed by atoms with Gasteiger partial charge in [0, 0.05) is 12.0 Å². The van der Waals surface area contributed by atoms with Crippen LogP contribution in [-0.4, -0.2) is 37.2 Å². The van der Waals surface area contributed by atoms with Gasteiger partial charge < -0.3 is 16.9 Å². The fourth-order valence-electron chi connectivity index (χ4n) is 2.41. The van der Waals surface area contributed by atoms with Crippen molar-refractivity contribution < 1.29 is 16.9 Å². The van der Waals surface area contributed by atoms with Crippen molar-refractivity contribution in [2.75, 3.05) is 27.2 Å². The van der Waals surface area contributed by atoms with Crippen LogP contribution >= 0.6 is 11.8 Å². The molecule has 0 saturated heterocycles. The zero-order chi connectivity index (χ0) is 15.5. The van der Waals surface area contributed by atoms with Gasteiger partial charge in [-0.3, -0.25) is 0 Å². The third kappa shape index (κ3) is 15.2. The number of quaternary nitrogens is 1. The summed E-state index contributed by atoms with van der Waals surface area (Å²) in [6, 6.07) is 0. The maximum absolute atomic E-state index is 5.76. The van der Waals surface area contributed by atoms with Gasteiger partial charge in [-0.15, -0.1) is 0 Å². The van der Waals surface area contributed by atoms with Gasteiger partial charge in [0.25, 0.3) is 0 Å². The van der Waals surface area contributed by atoms with Crippen molar-refractivity contribution in [1.82, 2.24) is 4.84 Å². The topological polar surface area (TPSA) is 12.0 Å². The standard InChI is InChI=1S/C17H38ClN2.ClH/c1-6-7-8-9-10-11-12-13-15-20(4,5)16-14-17(2,3)19-18;/h19H,6-16H2,1-5H3;1H/q+1;/p-1. The SMILES string of the molecule is CCCCCCCCCC[N+](C)(C)CCC(C)(C)NCl.[Cl-]. The molecule has 0 aliphatic carbocycles. The number of halogens is 2. The summed E-state index contributed by atoms with van der Waals surface area (Å²) in [7, 11) is 4.68. The van der Waals surface area contributed by atoms with Crippen LogP contribution in [0, 0.1) is 0 Å². The van der Waals surface area contributed by atoms with E-state index in [2.05, 4.69) is 39.7 Å². The second-order valence-corrected chi connectivity index (χ2v) is 7.78. The van der Waals surface area contributed by atoms with E-state index in [1.54, 1.807) is 0 Å². The second kappa shape index (κ2) is 13.0. The molecule has 0 rings (SSSR count). The number of unbranched alkanes of at least 4 members (excludes halogenated alkanes) is 7. The molecule has 0 aliphatic heterocycles. The molecule has 0 atom stereocenters. The first-order valence-electron chi connectivity index (χ1n) is 8.53. The van der Waals surface area contributed by atoms with Crippen molar-refractivity contribution in [2.24, 2.45) is 0 Å². The smallest absolute Gasteiger partial charge is 0.0800 e. The lowest BCUT2D eigenvalue weighted by atomic mass is 10.0. The van der Waals surface area contributed by atoms with Gasteiger partial charge in [0.15, 0.2) is 0 Å². The van der Waals surface area contributed by atoms with E-state index in [9.17, 15) is 0 Å². The van der Waals surface area contributed by atoms with Crippen LogP contribution in [-0.2, 0) is 0 Å². The van der Waals surface area contributed by atoms with Crippen LogP contribution in [0.25, 0.3) is 0 Å². The summed E-state index contributed by atoms with van der Waals surface area (Å²) in [5, 5.41) is 0. The molecule has 0 amide bonds. The molecule has 130 valence electrons. The van der Waals surface area contributed by atoms with E-state index in [0.717, 1.165) is 10.9 Å². The molecule has 0 aromatic rings. The van der Waals surface area contributed by atoms with Crippen molar-refractivity contribution in [3.8, 4) is 0 Å². The van der Waals surface area contributed by atoms with Crippen molar-refractivity contribution >= 4 is 11.8 Å². The molecule has 4 heteroatoms. The molecule has 0 bridgehead atoms. The quantitative estimate of drug-likeness (QED) is 0.307. The predicted octanol–water partition coefficient (Wildman–Crippen LogP) is 2.12. The molecule has 0 radical (unpaired) electrons. The third-order valence-electron chi connectivity index (χ3n) is 4.21. The van der Waals surface area contributed by atoms with Gasteiger partial charge in [0.05, 0.1) is 27.2 Å². The first-order chi connectivity index (χ1) is 9.33. The zero-order valence-corrected chi connectivity index (χ0v) is 16.5. The molecular weight excluding hydrogens is 303 g/mol. The monoisotopic (exact) mass is 340 g/mol. The lowest BCUT2D eigenvalue weighted by Gasteiger charge is -2.33. The molecule has 0 aromatic heterocycles. The first kappa shape index (κ1) is 23.8. The van der Waals surface area contributed by atoms with Crippen LogP contribution < -0.4 is 17.2 Å². The summed E-state index contributed by atoms with van der Waals surface area (Å²) in [6.07, 6.45) is 12.3. The Morgan fingerprint density at radius 3 is 1.81 bits per heavy atom. The van der Waals surface area contributed by atoms with Gasteiger partial charge in [-0.25, -0.2) is 4.84 Å². The lowest BCUT2D eigenvalue weighted by Crippen LogP contribution is -3.00. The van der Waals surface area contributed by atoms with Crippen LogP contribution in [0.2, 0.25) is 0 Å². The highest BCUT2D eigenvalue weighted by atomic mass is 35.5. The van der Waals surface area contributed by atoms with Crippen LogP contribution in [0.3, 0.4) is 0 Å². The van der Waals surface area contributed by atoms with E-state index in [1.807, 2.05) is 0 Å². The molecule has 0 heterocycles. The Balaban J connectivity index is 0.